The average Bonchev–Trinajstić information content (AvgIpc) is 3.66. The molecule has 0 fully saturated rings. The summed E-state index contributed by atoms with van der Waals surface area (Å²) in [6.45, 7) is 4.71. The van der Waals surface area contributed by atoms with E-state index < -0.39 is 0 Å². The van der Waals surface area contributed by atoms with Crippen LogP contribution in [0.5, 0.6) is 0 Å². The normalized spacial score (nSPS) is 13.6. The molecule has 1 aromatic heterocycles. The van der Waals surface area contributed by atoms with Crippen LogP contribution in [0.1, 0.15) is 25.0 Å². The highest BCUT2D eigenvalue weighted by molar-refractivity contribution is 6.29. The third kappa shape index (κ3) is 3.62. The maximum atomic E-state index is 6.36. The minimum atomic E-state index is -0.0390. The van der Waals surface area contributed by atoms with E-state index in [1.165, 1.54) is 98.7 Å². The third-order valence-electron chi connectivity index (χ3n) is 11.4. The summed E-state index contributed by atoms with van der Waals surface area (Å²) in [6.07, 6.45) is 0. The predicted octanol–water partition coefficient (Wildman–Crippen LogP) is 13.8. The van der Waals surface area contributed by atoms with Gasteiger partial charge in [0, 0.05) is 16.2 Å². The van der Waals surface area contributed by atoms with Crippen LogP contribution in [0.2, 0.25) is 0 Å². The van der Waals surface area contributed by atoms with Gasteiger partial charge < -0.3 is 4.42 Å². The summed E-state index contributed by atoms with van der Waals surface area (Å²) in [5.41, 5.74) is 14.9. The zero-order valence-electron chi connectivity index (χ0n) is 27.9. The van der Waals surface area contributed by atoms with Crippen molar-refractivity contribution in [1.29, 1.82) is 0 Å². The maximum Gasteiger partial charge on any atom is 0.136 e. The second-order valence-corrected chi connectivity index (χ2v) is 14.4. The molecule has 50 heavy (non-hydrogen) atoms. The van der Waals surface area contributed by atoms with Crippen LogP contribution in [0.15, 0.2) is 162 Å². The molecular weight excluding hydrogens is 605 g/mol. The number of hydrogen-bond acceptors (Lipinski definition) is 1. The zero-order valence-corrected chi connectivity index (χ0v) is 27.9. The molecule has 234 valence electrons. The summed E-state index contributed by atoms with van der Waals surface area (Å²) >= 11 is 0. The number of hydrogen-bond donors (Lipinski definition) is 0. The largest absolute Gasteiger partial charge is 0.456 e. The van der Waals surface area contributed by atoms with Gasteiger partial charge in [0.25, 0.3) is 0 Å². The molecule has 0 bridgehead atoms. The predicted molar refractivity (Wildman–Crippen MR) is 211 cm³/mol. The molecule has 1 heterocycles. The van der Waals surface area contributed by atoms with Crippen molar-refractivity contribution in [1.82, 2.24) is 0 Å². The van der Waals surface area contributed by atoms with Crippen molar-refractivity contribution < 1.29 is 4.42 Å². The smallest absolute Gasteiger partial charge is 0.136 e. The van der Waals surface area contributed by atoms with Gasteiger partial charge >= 0.3 is 0 Å². The quantitative estimate of drug-likeness (QED) is 0.139. The standard InChI is InChI=1S/C49H32O/c1-49(2)40-23-8-7-20-38(40)47-32(21-11-24-41(47)49)29-13-9-14-30(27-29)44-33-16-3-5-18-35(33)46(36-19-6-4-17-34(36)44)39-28-31-15-10-25-42-45(31)48-37(39)22-12-26-43(48)50-42/h3-28H,1-2H3. The molecule has 1 aliphatic rings. The highest BCUT2D eigenvalue weighted by atomic mass is 16.3. The Balaban J connectivity index is 1.20. The monoisotopic (exact) mass is 636 g/mol. The van der Waals surface area contributed by atoms with Crippen molar-refractivity contribution >= 4 is 54.3 Å². The Morgan fingerprint density at radius 3 is 1.72 bits per heavy atom. The maximum absolute atomic E-state index is 6.36. The Kier molecular flexibility index (Phi) is 5.51. The van der Waals surface area contributed by atoms with Gasteiger partial charge in [0.05, 0.1) is 0 Å². The van der Waals surface area contributed by atoms with Gasteiger partial charge in [-0.25, -0.2) is 0 Å². The van der Waals surface area contributed by atoms with Gasteiger partial charge in [0.2, 0.25) is 0 Å². The minimum absolute atomic E-state index is 0.0390. The second kappa shape index (κ2) is 9.94. The van der Waals surface area contributed by atoms with Crippen molar-refractivity contribution in [3.8, 4) is 44.5 Å². The minimum Gasteiger partial charge on any atom is -0.456 e. The number of benzene rings is 9. The fourth-order valence-corrected chi connectivity index (χ4v) is 9.24. The van der Waals surface area contributed by atoms with Crippen molar-refractivity contribution in [2.75, 3.05) is 0 Å². The molecule has 1 aliphatic carbocycles. The molecule has 0 aliphatic heterocycles. The molecule has 0 N–H and O–H groups in total. The molecule has 10 aromatic rings. The Morgan fingerprint density at radius 2 is 0.940 bits per heavy atom. The molecule has 0 atom stereocenters. The summed E-state index contributed by atoms with van der Waals surface area (Å²) in [4.78, 5) is 0. The fourth-order valence-electron chi connectivity index (χ4n) is 9.24. The first-order valence-corrected chi connectivity index (χ1v) is 17.5. The Bertz CT molecular complexity index is 2950. The van der Waals surface area contributed by atoms with Gasteiger partial charge in [0.1, 0.15) is 11.2 Å². The van der Waals surface area contributed by atoms with E-state index in [4.69, 9.17) is 4.42 Å². The molecule has 0 saturated heterocycles. The van der Waals surface area contributed by atoms with Crippen LogP contribution in [-0.2, 0) is 5.41 Å². The van der Waals surface area contributed by atoms with E-state index in [9.17, 15) is 0 Å². The zero-order chi connectivity index (χ0) is 33.1. The number of rotatable bonds is 3. The van der Waals surface area contributed by atoms with E-state index in [2.05, 4.69) is 172 Å². The SMILES string of the molecule is CC1(C)c2ccccc2-c2c(-c3cccc(-c4c5ccccc5c(-c5cc6cccc7oc8cccc5c8c67)c5ccccc45)c3)cccc21. The van der Waals surface area contributed by atoms with Gasteiger partial charge in [0.15, 0.2) is 0 Å². The van der Waals surface area contributed by atoms with Crippen molar-refractivity contribution in [2.24, 2.45) is 0 Å². The summed E-state index contributed by atoms with van der Waals surface area (Å²) in [6, 6.07) is 58.2. The fraction of sp³-hybridized carbons (Fsp3) is 0.0612. The first-order chi connectivity index (χ1) is 24.6. The molecule has 9 aromatic carbocycles. The first kappa shape index (κ1) is 27.7. The van der Waals surface area contributed by atoms with Crippen molar-refractivity contribution in [2.45, 2.75) is 19.3 Å². The van der Waals surface area contributed by atoms with Gasteiger partial charge in [-0.15, -0.1) is 0 Å². The van der Waals surface area contributed by atoms with Gasteiger partial charge in [-0.3, -0.25) is 0 Å². The number of fused-ring (bicyclic) bond motifs is 5. The van der Waals surface area contributed by atoms with Crippen LogP contribution in [0.3, 0.4) is 0 Å². The Labute approximate surface area is 290 Å². The summed E-state index contributed by atoms with van der Waals surface area (Å²) in [5.74, 6) is 0. The molecule has 11 rings (SSSR count). The van der Waals surface area contributed by atoms with E-state index in [-0.39, 0.29) is 5.41 Å². The van der Waals surface area contributed by atoms with Crippen molar-refractivity contribution in [3.63, 3.8) is 0 Å². The summed E-state index contributed by atoms with van der Waals surface area (Å²) in [7, 11) is 0. The molecule has 0 saturated carbocycles. The van der Waals surface area contributed by atoms with Gasteiger partial charge in [-0.2, -0.15) is 0 Å². The molecule has 1 nitrogen and oxygen atoms in total. The lowest BCUT2D eigenvalue weighted by molar-refractivity contribution is 0.660. The van der Waals surface area contributed by atoms with Crippen LogP contribution in [-0.4, -0.2) is 0 Å². The lowest BCUT2D eigenvalue weighted by Crippen LogP contribution is -2.14. The number of furan rings is 1. The van der Waals surface area contributed by atoms with Crippen LogP contribution in [0, 0.1) is 0 Å². The second-order valence-electron chi connectivity index (χ2n) is 14.4. The van der Waals surface area contributed by atoms with Crippen LogP contribution >= 0.6 is 0 Å². The summed E-state index contributed by atoms with van der Waals surface area (Å²) < 4.78 is 6.36. The topological polar surface area (TPSA) is 13.1 Å². The Hall–Kier alpha value is -6.18. The van der Waals surface area contributed by atoms with E-state index in [0.29, 0.717) is 0 Å². The molecule has 0 unspecified atom stereocenters. The lowest BCUT2D eigenvalue weighted by atomic mass is 9.81. The molecule has 0 radical (unpaired) electrons. The van der Waals surface area contributed by atoms with Gasteiger partial charge in [-0.1, -0.05) is 147 Å². The van der Waals surface area contributed by atoms with Crippen LogP contribution in [0.25, 0.3) is 98.8 Å². The molecule has 1 heteroatoms. The highest BCUT2D eigenvalue weighted by Crippen LogP contribution is 2.53. The highest BCUT2D eigenvalue weighted by Gasteiger charge is 2.36. The van der Waals surface area contributed by atoms with E-state index in [1.54, 1.807) is 0 Å². The third-order valence-corrected chi connectivity index (χ3v) is 11.4. The van der Waals surface area contributed by atoms with Crippen LogP contribution in [0.4, 0.5) is 0 Å². The lowest BCUT2D eigenvalue weighted by Gasteiger charge is -2.21. The molecule has 0 spiro atoms. The van der Waals surface area contributed by atoms with E-state index in [1.807, 2.05) is 0 Å². The molecular formula is C49H32O. The molecule has 0 amide bonds. The van der Waals surface area contributed by atoms with E-state index in [0.717, 1.165) is 11.2 Å². The summed E-state index contributed by atoms with van der Waals surface area (Å²) in [5, 5.41) is 9.88. The first-order valence-electron chi connectivity index (χ1n) is 17.5. The van der Waals surface area contributed by atoms with Crippen molar-refractivity contribution in [3.05, 3.63) is 169 Å². The average molecular weight is 637 g/mol. The van der Waals surface area contributed by atoms with Crippen LogP contribution < -0.4 is 0 Å². The van der Waals surface area contributed by atoms with E-state index >= 15 is 0 Å². The van der Waals surface area contributed by atoms with Gasteiger partial charge in [-0.05, 0) is 112 Å². The Morgan fingerprint density at radius 1 is 0.380 bits per heavy atom.